The Morgan fingerprint density at radius 3 is 2.92 bits per heavy atom. The van der Waals surface area contributed by atoms with Gasteiger partial charge in [-0.05, 0) is 48.8 Å². The molecule has 0 spiro atoms. The molecule has 0 saturated carbocycles. The summed E-state index contributed by atoms with van der Waals surface area (Å²) >= 11 is 0. The van der Waals surface area contributed by atoms with Crippen LogP contribution in [0.2, 0.25) is 0 Å². The van der Waals surface area contributed by atoms with E-state index in [-0.39, 0.29) is 23.4 Å². The van der Waals surface area contributed by atoms with Gasteiger partial charge in [0.15, 0.2) is 0 Å². The number of aryl methyl sites for hydroxylation is 1. The number of benzene rings is 1. The van der Waals surface area contributed by atoms with Crippen molar-refractivity contribution < 1.29 is 4.79 Å². The van der Waals surface area contributed by atoms with Gasteiger partial charge in [0.2, 0.25) is 5.91 Å². The normalized spacial score (nSPS) is 26.6. The van der Waals surface area contributed by atoms with Crippen LogP contribution in [0.25, 0.3) is 0 Å². The van der Waals surface area contributed by atoms with Gasteiger partial charge in [-0.3, -0.25) is 4.79 Å². The molecule has 3 N–H and O–H groups in total. The molecule has 0 radical (unpaired) electrons. The maximum absolute atomic E-state index is 12.4. The van der Waals surface area contributed by atoms with Crippen LogP contribution in [-0.4, -0.2) is 36.5 Å². The molecule has 2 aliphatic rings. The van der Waals surface area contributed by atoms with Crippen molar-refractivity contribution in [1.29, 1.82) is 0 Å². The summed E-state index contributed by atoms with van der Waals surface area (Å²) in [7, 11) is 0. The SMILES string of the molecule is CC1(C)CN(CCC(=O)NC2CCCc3ccccc32)CCC1N. The van der Waals surface area contributed by atoms with E-state index in [1.807, 2.05) is 0 Å². The van der Waals surface area contributed by atoms with E-state index in [4.69, 9.17) is 5.73 Å². The third-order valence-electron chi connectivity index (χ3n) is 5.75. The van der Waals surface area contributed by atoms with Crippen LogP contribution in [0.3, 0.4) is 0 Å². The van der Waals surface area contributed by atoms with Crippen molar-refractivity contribution >= 4 is 5.91 Å². The zero-order valence-electron chi connectivity index (χ0n) is 15.1. The number of likely N-dealkylation sites (tertiary alicyclic amines) is 1. The van der Waals surface area contributed by atoms with Crippen molar-refractivity contribution in [2.45, 2.75) is 58.0 Å². The lowest BCUT2D eigenvalue weighted by atomic mass is 9.79. The summed E-state index contributed by atoms with van der Waals surface area (Å²) in [6.07, 6.45) is 4.93. The summed E-state index contributed by atoms with van der Waals surface area (Å²) in [4.78, 5) is 14.8. The molecule has 1 saturated heterocycles. The van der Waals surface area contributed by atoms with Gasteiger partial charge >= 0.3 is 0 Å². The number of amides is 1. The molecule has 24 heavy (non-hydrogen) atoms. The van der Waals surface area contributed by atoms with Gasteiger partial charge < -0.3 is 16.0 Å². The van der Waals surface area contributed by atoms with E-state index >= 15 is 0 Å². The monoisotopic (exact) mass is 329 g/mol. The fraction of sp³-hybridized carbons (Fsp3) is 0.650. The Morgan fingerprint density at radius 1 is 1.33 bits per heavy atom. The lowest BCUT2D eigenvalue weighted by molar-refractivity contribution is -0.122. The zero-order chi connectivity index (χ0) is 17.2. The number of hydrogen-bond donors (Lipinski definition) is 2. The van der Waals surface area contributed by atoms with Crippen molar-refractivity contribution in [2.24, 2.45) is 11.1 Å². The second-order valence-electron chi connectivity index (χ2n) is 8.12. The van der Waals surface area contributed by atoms with Gasteiger partial charge in [0.05, 0.1) is 6.04 Å². The average Bonchev–Trinajstić information content (AvgIpc) is 2.56. The molecule has 0 bridgehead atoms. The van der Waals surface area contributed by atoms with Crippen molar-refractivity contribution in [3.8, 4) is 0 Å². The molecule has 1 amide bonds. The van der Waals surface area contributed by atoms with E-state index in [9.17, 15) is 4.79 Å². The smallest absolute Gasteiger partial charge is 0.221 e. The van der Waals surface area contributed by atoms with Gasteiger partial charge in [0.1, 0.15) is 0 Å². The molecule has 1 aliphatic carbocycles. The number of fused-ring (bicyclic) bond motifs is 1. The van der Waals surface area contributed by atoms with Gasteiger partial charge in [0.25, 0.3) is 0 Å². The molecule has 1 fully saturated rings. The Balaban J connectivity index is 1.50. The number of nitrogens with zero attached hydrogens (tertiary/aromatic N) is 1. The van der Waals surface area contributed by atoms with Gasteiger partial charge in [-0.25, -0.2) is 0 Å². The molecule has 2 unspecified atom stereocenters. The molecule has 4 heteroatoms. The number of carbonyl (C=O) groups is 1. The van der Waals surface area contributed by atoms with Crippen LogP contribution in [-0.2, 0) is 11.2 Å². The van der Waals surface area contributed by atoms with Crippen LogP contribution >= 0.6 is 0 Å². The third kappa shape index (κ3) is 3.98. The summed E-state index contributed by atoms with van der Waals surface area (Å²) in [6.45, 7) is 7.26. The van der Waals surface area contributed by atoms with E-state index in [2.05, 4.69) is 48.3 Å². The number of rotatable bonds is 4. The minimum atomic E-state index is 0.136. The summed E-state index contributed by atoms with van der Waals surface area (Å²) in [5, 5.41) is 3.25. The van der Waals surface area contributed by atoms with Crippen LogP contribution in [0.1, 0.15) is 56.7 Å². The maximum atomic E-state index is 12.4. The average molecular weight is 329 g/mol. The van der Waals surface area contributed by atoms with Crippen molar-refractivity contribution in [3.63, 3.8) is 0 Å². The van der Waals surface area contributed by atoms with Crippen molar-refractivity contribution in [3.05, 3.63) is 35.4 Å². The molecule has 1 heterocycles. The largest absolute Gasteiger partial charge is 0.349 e. The van der Waals surface area contributed by atoms with Gasteiger partial charge in [-0.1, -0.05) is 38.1 Å². The first-order valence-corrected chi connectivity index (χ1v) is 9.31. The van der Waals surface area contributed by atoms with Crippen LogP contribution < -0.4 is 11.1 Å². The summed E-state index contributed by atoms with van der Waals surface area (Å²) in [6, 6.07) is 8.96. The Bertz CT molecular complexity index is 584. The minimum absolute atomic E-state index is 0.136. The van der Waals surface area contributed by atoms with Crippen LogP contribution in [0.4, 0.5) is 0 Å². The number of carbonyl (C=O) groups excluding carboxylic acids is 1. The van der Waals surface area contributed by atoms with E-state index in [0.29, 0.717) is 6.42 Å². The third-order valence-corrected chi connectivity index (χ3v) is 5.75. The van der Waals surface area contributed by atoms with E-state index < -0.39 is 0 Å². The highest BCUT2D eigenvalue weighted by molar-refractivity contribution is 5.76. The second kappa shape index (κ2) is 7.24. The molecule has 2 atom stereocenters. The number of nitrogens with one attached hydrogen (secondary N) is 1. The molecular weight excluding hydrogens is 298 g/mol. The highest BCUT2D eigenvalue weighted by atomic mass is 16.1. The first kappa shape index (κ1) is 17.4. The van der Waals surface area contributed by atoms with Crippen LogP contribution in [0, 0.1) is 5.41 Å². The zero-order valence-corrected chi connectivity index (χ0v) is 15.1. The van der Waals surface area contributed by atoms with Gasteiger partial charge in [-0.15, -0.1) is 0 Å². The second-order valence-corrected chi connectivity index (χ2v) is 8.12. The highest BCUT2D eigenvalue weighted by Gasteiger charge is 2.33. The van der Waals surface area contributed by atoms with E-state index in [1.54, 1.807) is 0 Å². The quantitative estimate of drug-likeness (QED) is 0.893. The minimum Gasteiger partial charge on any atom is -0.349 e. The summed E-state index contributed by atoms with van der Waals surface area (Å²) in [5.74, 6) is 0.171. The molecule has 132 valence electrons. The predicted molar refractivity (Wildman–Crippen MR) is 97.7 cm³/mol. The topological polar surface area (TPSA) is 58.4 Å². The number of hydrogen-bond acceptors (Lipinski definition) is 3. The van der Waals surface area contributed by atoms with Crippen molar-refractivity contribution in [2.75, 3.05) is 19.6 Å². The fourth-order valence-electron chi connectivity index (χ4n) is 4.11. The Labute approximate surface area is 145 Å². The van der Waals surface area contributed by atoms with E-state index in [1.165, 1.54) is 11.1 Å². The number of piperidine rings is 1. The van der Waals surface area contributed by atoms with Gasteiger partial charge in [0, 0.05) is 25.6 Å². The van der Waals surface area contributed by atoms with E-state index in [0.717, 1.165) is 45.3 Å². The van der Waals surface area contributed by atoms with Crippen molar-refractivity contribution in [1.82, 2.24) is 10.2 Å². The fourth-order valence-corrected chi connectivity index (χ4v) is 4.11. The molecule has 1 aromatic rings. The Morgan fingerprint density at radius 2 is 2.12 bits per heavy atom. The standard InChI is InChI=1S/C20H31N3O/c1-20(2)14-23(12-10-18(20)21)13-11-19(24)22-17-9-5-7-15-6-3-4-8-16(15)17/h3-4,6,8,17-18H,5,7,9-14,21H2,1-2H3,(H,22,24). The maximum Gasteiger partial charge on any atom is 0.221 e. The molecular formula is C20H31N3O. The first-order chi connectivity index (χ1) is 11.5. The van der Waals surface area contributed by atoms with Gasteiger partial charge in [-0.2, -0.15) is 0 Å². The lowest BCUT2D eigenvalue weighted by Crippen LogP contribution is -2.52. The highest BCUT2D eigenvalue weighted by Crippen LogP contribution is 2.30. The Kier molecular flexibility index (Phi) is 5.26. The Hall–Kier alpha value is -1.39. The summed E-state index contributed by atoms with van der Waals surface area (Å²) < 4.78 is 0. The van der Waals surface area contributed by atoms with Crippen LogP contribution in [0.15, 0.2) is 24.3 Å². The van der Waals surface area contributed by atoms with Crippen LogP contribution in [0.5, 0.6) is 0 Å². The summed E-state index contributed by atoms with van der Waals surface area (Å²) in [5.41, 5.74) is 9.03. The molecule has 0 aromatic heterocycles. The lowest BCUT2D eigenvalue weighted by Gasteiger charge is -2.42. The molecule has 4 nitrogen and oxygen atoms in total. The molecule has 1 aromatic carbocycles. The first-order valence-electron chi connectivity index (χ1n) is 9.31. The molecule has 3 rings (SSSR count). The number of nitrogens with two attached hydrogens (primary N) is 1. The molecule has 1 aliphatic heterocycles. The predicted octanol–water partition coefficient (Wildman–Crippen LogP) is 2.63.